The van der Waals surface area contributed by atoms with Crippen LogP contribution in [0.15, 0.2) is 6.07 Å². The summed E-state index contributed by atoms with van der Waals surface area (Å²) < 4.78 is 0. The number of nitrogens with two attached hydrogens (primary N) is 1. The van der Waals surface area contributed by atoms with E-state index in [0.717, 1.165) is 16.8 Å². The molecule has 0 bridgehead atoms. The van der Waals surface area contributed by atoms with E-state index in [0.29, 0.717) is 13.0 Å². The van der Waals surface area contributed by atoms with E-state index < -0.39 is 5.41 Å². The Hall–Kier alpha value is -1.35. The maximum atomic E-state index is 12.4. The zero-order valence-electron chi connectivity index (χ0n) is 13.0. The SMILES string of the molecule is Cc1cc(C)c(C)c(NC(=O)C(C)(C)CCN)c1C. The predicted molar refractivity (Wildman–Crippen MR) is 81.5 cm³/mol. The maximum Gasteiger partial charge on any atom is 0.230 e. The third-order valence-electron chi connectivity index (χ3n) is 3.99. The molecule has 19 heavy (non-hydrogen) atoms. The van der Waals surface area contributed by atoms with Crippen LogP contribution in [0.5, 0.6) is 0 Å². The van der Waals surface area contributed by atoms with Crippen molar-refractivity contribution >= 4 is 11.6 Å². The highest BCUT2D eigenvalue weighted by molar-refractivity contribution is 5.96. The average molecular weight is 262 g/mol. The molecule has 0 atom stereocenters. The van der Waals surface area contributed by atoms with Gasteiger partial charge >= 0.3 is 0 Å². The Balaban J connectivity index is 3.10. The van der Waals surface area contributed by atoms with Crippen molar-refractivity contribution in [3.63, 3.8) is 0 Å². The highest BCUT2D eigenvalue weighted by atomic mass is 16.2. The van der Waals surface area contributed by atoms with Gasteiger partial charge in [0.2, 0.25) is 5.91 Å². The van der Waals surface area contributed by atoms with E-state index >= 15 is 0 Å². The van der Waals surface area contributed by atoms with Gasteiger partial charge in [0.15, 0.2) is 0 Å². The first-order chi connectivity index (χ1) is 8.70. The highest BCUT2D eigenvalue weighted by Gasteiger charge is 2.27. The van der Waals surface area contributed by atoms with Gasteiger partial charge in [-0.3, -0.25) is 4.79 Å². The van der Waals surface area contributed by atoms with Gasteiger partial charge in [0.1, 0.15) is 0 Å². The van der Waals surface area contributed by atoms with Gasteiger partial charge in [0, 0.05) is 11.1 Å². The van der Waals surface area contributed by atoms with Crippen molar-refractivity contribution in [1.82, 2.24) is 0 Å². The van der Waals surface area contributed by atoms with Crippen LogP contribution in [0.4, 0.5) is 5.69 Å². The van der Waals surface area contributed by atoms with Crippen molar-refractivity contribution in [3.05, 3.63) is 28.3 Å². The van der Waals surface area contributed by atoms with Gasteiger partial charge in [-0.15, -0.1) is 0 Å². The molecule has 0 spiro atoms. The van der Waals surface area contributed by atoms with Gasteiger partial charge in [-0.05, 0) is 62.9 Å². The minimum Gasteiger partial charge on any atom is -0.330 e. The second kappa shape index (κ2) is 5.74. The lowest BCUT2D eigenvalue weighted by Crippen LogP contribution is -2.33. The first kappa shape index (κ1) is 15.7. The van der Waals surface area contributed by atoms with Crippen LogP contribution >= 0.6 is 0 Å². The third kappa shape index (κ3) is 3.35. The zero-order chi connectivity index (χ0) is 14.8. The molecule has 3 heteroatoms. The fourth-order valence-corrected chi connectivity index (χ4v) is 2.16. The minimum atomic E-state index is -0.439. The number of carbonyl (C=O) groups excluding carboxylic acids is 1. The molecule has 1 rings (SSSR count). The summed E-state index contributed by atoms with van der Waals surface area (Å²) in [5.41, 5.74) is 10.8. The van der Waals surface area contributed by atoms with Crippen LogP contribution in [0.25, 0.3) is 0 Å². The molecule has 0 aromatic heterocycles. The Kier molecular flexibility index (Phi) is 4.75. The van der Waals surface area contributed by atoms with E-state index in [1.54, 1.807) is 0 Å². The molecule has 0 aliphatic heterocycles. The maximum absolute atomic E-state index is 12.4. The fraction of sp³-hybridized carbons (Fsp3) is 0.562. The van der Waals surface area contributed by atoms with Crippen LogP contribution in [0.2, 0.25) is 0 Å². The van der Waals surface area contributed by atoms with Gasteiger partial charge in [-0.25, -0.2) is 0 Å². The molecule has 1 aromatic carbocycles. The summed E-state index contributed by atoms with van der Waals surface area (Å²) in [6.07, 6.45) is 0.682. The molecular formula is C16H26N2O. The van der Waals surface area contributed by atoms with Crippen LogP contribution in [-0.2, 0) is 4.79 Å². The lowest BCUT2D eigenvalue weighted by atomic mass is 9.87. The summed E-state index contributed by atoms with van der Waals surface area (Å²) in [6, 6.07) is 2.16. The van der Waals surface area contributed by atoms with E-state index in [9.17, 15) is 4.79 Å². The number of nitrogens with one attached hydrogen (secondary N) is 1. The summed E-state index contributed by atoms with van der Waals surface area (Å²) in [4.78, 5) is 12.4. The standard InChI is InChI=1S/C16H26N2O/c1-10-9-11(2)13(4)14(12(10)3)18-15(19)16(5,6)7-8-17/h9H,7-8,17H2,1-6H3,(H,18,19). The van der Waals surface area contributed by atoms with Crippen molar-refractivity contribution in [2.24, 2.45) is 11.1 Å². The van der Waals surface area contributed by atoms with Crippen molar-refractivity contribution in [3.8, 4) is 0 Å². The second-order valence-electron chi connectivity index (χ2n) is 6.01. The smallest absolute Gasteiger partial charge is 0.230 e. The fourth-order valence-electron chi connectivity index (χ4n) is 2.16. The van der Waals surface area contributed by atoms with E-state index in [1.807, 2.05) is 27.7 Å². The van der Waals surface area contributed by atoms with E-state index in [1.165, 1.54) is 11.1 Å². The summed E-state index contributed by atoms with van der Waals surface area (Å²) in [7, 11) is 0. The van der Waals surface area contributed by atoms with Crippen molar-refractivity contribution in [1.29, 1.82) is 0 Å². The Morgan fingerprint density at radius 2 is 1.63 bits per heavy atom. The van der Waals surface area contributed by atoms with Gasteiger partial charge in [-0.1, -0.05) is 19.9 Å². The summed E-state index contributed by atoms with van der Waals surface area (Å²) >= 11 is 0. The normalized spacial score (nSPS) is 11.5. The van der Waals surface area contributed by atoms with Crippen LogP contribution < -0.4 is 11.1 Å². The largest absolute Gasteiger partial charge is 0.330 e. The Labute approximate surface area is 116 Å². The first-order valence-corrected chi connectivity index (χ1v) is 6.79. The van der Waals surface area contributed by atoms with E-state index in [4.69, 9.17) is 5.73 Å². The van der Waals surface area contributed by atoms with Gasteiger partial charge in [0.25, 0.3) is 0 Å². The van der Waals surface area contributed by atoms with E-state index in [2.05, 4.69) is 25.2 Å². The molecule has 0 aliphatic rings. The zero-order valence-corrected chi connectivity index (χ0v) is 13.0. The Morgan fingerprint density at radius 3 is 2.05 bits per heavy atom. The number of aryl methyl sites for hydroxylation is 2. The van der Waals surface area contributed by atoms with E-state index in [-0.39, 0.29) is 5.91 Å². The topological polar surface area (TPSA) is 55.1 Å². The van der Waals surface area contributed by atoms with Crippen molar-refractivity contribution in [2.45, 2.75) is 48.0 Å². The van der Waals surface area contributed by atoms with Crippen LogP contribution in [-0.4, -0.2) is 12.5 Å². The molecule has 3 N–H and O–H groups in total. The minimum absolute atomic E-state index is 0.0363. The van der Waals surface area contributed by atoms with Gasteiger partial charge in [0.05, 0.1) is 0 Å². The van der Waals surface area contributed by atoms with Crippen molar-refractivity contribution in [2.75, 3.05) is 11.9 Å². The molecule has 0 saturated heterocycles. The third-order valence-corrected chi connectivity index (χ3v) is 3.99. The van der Waals surface area contributed by atoms with Gasteiger partial charge in [-0.2, -0.15) is 0 Å². The van der Waals surface area contributed by atoms with Crippen molar-refractivity contribution < 1.29 is 4.79 Å². The van der Waals surface area contributed by atoms with Crippen LogP contribution in [0.3, 0.4) is 0 Å². The molecular weight excluding hydrogens is 236 g/mol. The number of hydrogen-bond donors (Lipinski definition) is 2. The number of hydrogen-bond acceptors (Lipinski definition) is 2. The number of benzene rings is 1. The summed E-state index contributed by atoms with van der Waals surface area (Å²) in [5.74, 6) is 0.0363. The summed E-state index contributed by atoms with van der Waals surface area (Å²) in [5, 5.41) is 3.09. The second-order valence-corrected chi connectivity index (χ2v) is 6.01. The number of carbonyl (C=O) groups is 1. The molecule has 0 aliphatic carbocycles. The molecule has 0 radical (unpaired) electrons. The number of anilines is 1. The molecule has 0 unspecified atom stereocenters. The molecule has 0 heterocycles. The first-order valence-electron chi connectivity index (χ1n) is 6.79. The quantitative estimate of drug-likeness (QED) is 0.875. The lowest BCUT2D eigenvalue weighted by Gasteiger charge is -2.25. The van der Waals surface area contributed by atoms with Gasteiger partial charge < -0.3 is 11.1 Å². The molecule has 3 nitrogen and oxygen atoms in total. The Bertz CT molecular complexity index is 464. The lowest BCUT2D eigenvalue weighted by molar-refractivity contribution is -0.124. The van der Waals surface area contributed by atoms with Crippen LogP contribution in [0.1, 0.15) is 42.5 Å². The highest BCUT2D eigenvalue weighted by Crippen LogP contribution is 2.29. The molecule has 0 fully saturated rings. The monoisotopic (exact) mass is 262 g/mol. The Morgan fingerprint density at radius 1 is 1.16 bits per heavy atom. The number of amides is 1. The molecule has 106 valence electrons. The molecule has 0 saturated carbocycles. The van der Waals surface area contributed by atoms with Crippen LogP contribution in [0, 0.1) is 33.1 Å². The number of rotatable bonds is 4. The molecule has 1 amide bonds. The molecule has 1 aromatic rings. The predicted octanol–water partition coefficient (Wildman–Crippen LogP) is 3.23. The summed E-state index contributed by atoms with van der Waals surface area (Å²) in [6.45, 7) is 12.6. The average Bonchev–Trinajstić information content (AvgIpc) is 2.31.